The monoisotopic (exact) mass is 479 g/mol. The van der Waals surface area contributed by atoms with Crippen LogP contribution in [0.5, 0.6) is 5.75 Å². The predicted octanol–water partition coefficient (Wildman–Crippen LogP) is 6.30. The molecule has 1 fully saturated rings. The summed E-state index contributed by atoms with van der Waals surface area (Å²) in [6.45, 7) is 2.43. The van der Waals surface area contributed by atoms with Crippen molar-refractivity contribution in [3.05, 3.63) is 101 Å². The smallest absolute Gasteiger partial charge is 0.321 e. The molecular weight excluding hydrogens is 457 g/mol. The summed E-state index contributed by atoms with van der Waals surface area (Å²) in [6, 6.07) is 26.7. The molecule has 4 rings (SSSR count). The number of alkyl halides is 2. The van der Waals surface area contributed by atoms with E-state index in [0.717, 1.165) is 11.1 Å². The molecule has 0 saturated heterocycles. The van der Waals surface area contributed by atoms with Crippen LogP contribution in [-0.4, -0.2) is 16.9 Å². The molecule has 0 bridgehead atoms. The molecule has 3 aromatic rings. The van der Waals surface area contributed by atoms with E-state index in [9.17, 15) is 10.1 Å². The van der Waals surface area contributed by atoms with Gasteiger partial charge in [-0.25, -0.2) is 0 Å². The molecule has 1 aliphatic carbocycles. The summed E-state index contributed by atoms with van der Waals surface area (Å²) in [5, 5.41) is 9.78. The maximum atomic E-state index is 13.3. The molecule has 0 radical (unpaired) electrons. The second kappa shape index (κ2) is 9.47. The fourth-order valence-corrected chi connectivity index (χ4v) is 4.79. The van der Waals surface area contributed by atoms with E-state index in [4.69, 9.17) is 32.7 Å². The normalized spacial score (nSPS) is 19.2. The number of ether oxygens (including phenoxy) is 2. The highest BCUT2D eigenvalue weighted by Gasteiger charge is 2.73. The molecule has 2 atom stereocenters. The number of halogens is 2. The maximum Gasteiger partial charge on any atom is 0.321 e. The van der Waals surface area contributed by atoms with Crippen molar-refractivity contribution in [1.82, 2.24) is 0 Å². The van der Waals surface area contributed by atoms with E-state index in [1.165, 1.54) is 0 Å². The molecule has 168 valence electrons. The second-order valence-corrected chi connectivity index (χ2v) is 9.55. The van der Waals surface area contributed by atoms with E-state index in [0.29, 0.717) is 29.9 Å². The molecule has 0 heterocycles. The molecular formula is C27H23Cl2NO3. The lowest BCUT2D eigenvalue weighted by Crippen LogP contribution is -2.30. The first-order valence-corrected chi connectivity index (χ1v) is 11.5. The SMILES string of the molecule is CCOc1ccc(C2(C(=O)OC(C#N)c3cccc(Cc4ccccc4)c3)CC2(Cl)Cl)cc1. The standard InChI is InChI=1S/C27H23Cl2NO3/c1-2-32-23-13-11-22(12-14-23)26(18-27(26,28)29)25(31)33-24(17-30)21-10-6-9-20(16-21)15-19-7-4-3-5-8-19/h3-14,16,24H,2,15,18H2,1H3. The van der Waals surface area contributed by atoms with Crippen molar-refractivity contribution in [3.63, 3.8) is 0 Å². The van der Waals surface area contributed by atoms with Crippen LogP contribution in [0.1, 0.15) is 41.7 Å². The molecule has 1 saturated carbocycles. The van der Waals surface area contributed by atoms with Gasteiger partial charge in [0.25, 0.3) is 0 Å². The summed E-state index contributed by atoms with van der Waals surface area (Å²) >= 11 is 12.9. The lowest BCUT2D eigenvalue weighted by Gasteiger charge is -2.20. The summed E-state index contributed by atoms with van der Waals surface area (Å²) in [5.74, 6) is 0.0713. The lowest BCUT2D eigenvalue weighted by molar-refractivity contribution is -0.150. The molecule has 3 aromatic carbocycles. The van der Waals surface area contributed by atoms with E-state index < -0.39 is 21.8 Å². The molecule has 0 amide bonds. The van der Waals surface area contributed by atoms with Crippen molar-refractivity contribution in [1.29, 1.82) is 5.26 Å². The number of rotatable bonds is 8. The first-order chi connectivity index (χ1) is 15.9. The molecule has 0 aromatic heterocycles. The molecule has 2 unspecified atom stereocenters. The number of nitriles is 1. The van der Waals surface area contributed by atoms with E-state index in [-0.39, 0.29) is 6.42 Å². The molecule has 0 N–H and O–H groups in total. The minimum absolute atomic E-state index is 0.210. The number of esters is 1. The Morgan fingerprint density at radius 1 is 1.03 bits per heavy atom. The van der Waals surface area contributed by atoms with Crippen molar-refractivity contribution < 1.29 is 14.3 Å². The first-order valence-electron chi connectivity index (χ1n) is 10.7. The average Bonchev–Trinajstić information content (AvgIpc) is 3.42. The number of carbonyl (C=O) groups excluding carboxylic acids is 1. The number of nitrogens with zero attached hydrogens (tertiary/aromatic N) is 1. The summed E-state index contributed by atoms with van der Waals surface area (Å²) in [6.07, 6.45) is -0.150. The summed E-state index contributed by atoms with van der Waals surface area (Å²) in [4.78, 5) is 13.3. The van der Waals surface area contributed by atoms with Gasteiger partial charge in [0.2, 0.25) is 6.10 Å². The minimum Gasteiger partial charge on any atom is -0.494 e. The first kappa shape index (κ1) is 23.2. The van der Waals surface area contributed by atoms with Crippen LogP contribution < -0.4 is 4.74 Å². The highest BCUT2D eigenvalue weighted by molar-refractivity contribution is 6.54. The number of hydrogen-bond donors (Lipinski definition) is 0. The van der Waals surface area contributed by atoms with Gasteiger partial charge in [0, 0.05) is 12.0 Å². The molecule has 0 aliphatic heterocycles. The van der Waals surface area contributed by atoms with E-state index in [2.05, 4.69) is 6.07 Å². The Labute approximate surface area is 203 Å². The number of carbonyl (C=O) groups is 1. The Hall–Kier alpha value is -3.00. The summed E-state index contributed by atoms with van der Waals surface area (Å²) in [7, 11) is 0. The van der Waals surface area contributed by atoms with Crippen LogP contribution in [0, 0.1) is 11.3 Å². The van der Waals surface area contributed by atoms with Gasteiger partial charge in [0.05, 0.1) is 6.61 Å². The van der Waals surface area contributed by atoms with Gasteiger partial charge in [-0.3, -0.25) is 4.79 Å². The van der Waals surface area contributed by atoms with Gasteiger partial charge in [-0.15, -0.1) is 0 Å². The lowest BCUT2D eigenvalue weighted by atomic mass is 9.95. The second-order valence-electron chi connectivity index (χ2n) is 8.07. The molecule has 6 heteroatoms. The Morgan fingerprint density at radius 2 is 1.70 bits per heavy atom. The number of hydrogen-bond acceptors (Lipinski definition) is 4. The van der Waals surface area contributed by atoms with Gasteiger partial charge >= 0.3 is 5.97 Å². The summed E-state index contributed by atoms with van der Waals surface area (Å²) < 4.78 is 9.86. The van der Waals surface area contributed by atoms with Crippen molar-refractivity contribution in [2.75, 3.05) is 6.61 Å². The Bertz CT molecular complexity index is 1170. The molecule has 0 spiro atoms. The fraction of sp³-hybridized carbons (Fsp3) is 0.259. The van der Waals surface area contributed by atoms with Gasteiger partial charge in [-0.2, -0.15) is 5.26 Å². The predicted molar refractivity (Wildman–Crippen MR) is 128 cm³/mol. The van der Waals surface area contributed by atoms with Gasteiger partial charge < -0.3 is 9.47 Å². The zero-order valence-electron chi connectivity index (χ0n) is 18.1. The van der Waals surface area contributed by atoms with Crippen LogP contribution in [0.4, 0.5) is 0 Å². The van der Waals surface area contributed by atoms with Crippen LogP contribution in [0.15, 0.2) is 78.9 Å². The largest absolute Gasteiger partial charge is 0.494 e. The van der Waals surface area contributed by atoms with Crippen LogP contribution in [0.2, 0.25) is 0 Å². The zero-order valence-corrected chi connectivity index (χ0v) is 19.6. The zero-order chi connectivity index (χ0) is 23.5. The van der Waals surface area contributed by atoms with E-state index >= 15 is 0 Å². The Balaban J connectivity index is 1.55. The third-order valence-electron chi connectivity index (χ3n) is 5.84. The third-order valence-corrected chi connectivity index (χ3v) is 6.75. The van der Waals surface area contributed by atoms with Gasteiger partial charge in [-0.05, 0) is 42.2 Å². The highest BCUT2D eigenvalue weighted by Crippen LogP contribution is 2.65. The van der Waals surface area contributed by atoms with Gasteiger partial charge in [0.1, 0.15) is 21.6 Å². The Morgan fingerprint density at radius 3 is 2.30 bits per heavy atom. The van der Waals surface area contributed by atoms with Crippen LogP contribution in [0.3, 0.4) is 0 Å². The third kappa shape index (κ3) is 4.71. The quantitative estimate of drug-likeness (QED) is 0.281. The van der Waals surface area contributed by atoms with Crippen LogP contribution in [0.25, 0.3) is 0 Å². The van der Waals surface area contributed by atoms with Crippen molar-refractivity contribution in [2.45, 2.75) is 35.6 Å². The number of benzene rings is 3. The topological polar surface area (TPSA) is 59.3 Å². The van der Waals surface area contributed by atoms with Crippen molar-refractivity contribution in [2.24, 2.45) is 0 Å². The molecule has 1 aliphatic rings. The summed E-state index contributed by atoms with van der Waals surface area (Å²) in [5.41, 5.74) is 2.19. The van der Waals surface area contributed by atoms with Crippen molar-refractivity contribution in [3.8, 4) is 11.8 Å². The van der Waals surface area contributed by atoms with Gasteiger partial charge in [-0.1, -0.05) is 89.9 Å². The maximum absolute atomic E-state index is 13.3. The van der Waals surface area contributed by atoms with Crippen LogP contribution in [-0.2, 0) is 21.4 Å². The molecule has 4 nitrogen and oxygen atoms in total. The Kier molecular flexibility index (Phi) is 6.65. The van der Waals surface area contributed by atoms with Crippen molar-refractivity contribution >= 4 is 29.2 Å². The minimum atomic E-state index is -1.30. The molecule has 33 heavy (non-hydrogen) atoms. The van der Waals surface area contributed by atoms with Gasteiger partial charge in [0.15, 0.2) is 0 Å². The fourth-order valence-electron chi connectivity index (χ4n) is 4.02. The average molecular weight is 480 g/mol. The highest BCUT2D eigenvalue weighted by atomic mass is 35.5. The van der Waals surface area contributed by atoms with E-state index in [1.54, 1.807) is 30.3 Å². The van der Waals surface area contributed by atoms with Crippen LogP contribution >= 0.6 is 23.2 Å². The van der Waals surface area contributed by atoms with E-state index in [1.807, 2.05) is 55.5 Å².